The second-order valence-electron chi connectivity index (χ2n) is 3.75. The molecule has 96 valence electrons. The first-order valence-corrected chi connectivity index (χ1v) is 7.72. The van der Waals surface area contributed by atoms with Crippen LogP contribution in [0.1, 0.15) is 12.5 Å². The summed E-state index contributed by atoms with van der Waals surface area (Å²) in [5, 5.41) is 0. The molecular formula is C10H15IN2O3S. The van der Waals surface area contributed by atoms with Crippen molar-refractivity contribution >= 4 is 38.4 Å². The zero-order chi connectivity index (χ0) is 13.1. The van der Waals surface area contributed by atoms with Gasteiger partial charge in [0.15, 0.2) is 0 Å². The molecule has 1 unspecified atom stereocenters. The standard InChI is InChI=1S/C10H15IN2O3S/c1-7-4-9(11)5-12-10(7)13-17(14,15)6-8(2)16-3/h4-5,8H,6H2,1-3H3,(H,12,13). The molecule has 0 aromatic carbocycles. The third-order valence-electron chi connectivity index (χ3n) is 2.15. The molecule has 1 N–H and O–H groups in total. The first-order valence-electron chi connectivity index (χ1n) is 4.99. The minimum Gasteiger partial charge on any atom is -0.381 e. The van der Waals surface area contributed by atoms with E-state index in [1.807, 2.05) is 13.0 Å². The molecule has 1 heterocycles. The number of hydrogen-bond donors (Lipinski definition) is 1. The summed E-state index contributed by atoms with van der Waals surface area (Å²) in [7, 11) is -1.94. The van der Waals surface area contributed by atoms with E-state index in [0.717, 1.165) is 9.13 Å². The van der Waals surface area contributed by atoms with Gasteiger partial charge in [-0.25, -0.2) is 13.4 Å². The van der Waals surface area contributed by atoms with Gasteiger partial charge in [0, 0.05) is 16.9 Å². The fraction of sp³-hybridized carbons (Fsp3) is 0.500. The molecule has 0 aliphatic heterocycles. The van der Waals surface area contributed by atoms with Gasteiger partial charge in [-0.1, -0.05) is 0 Å². The van der Waals surface area contributed by atoms with E-state index in [0.29, 0.717) is 5.82 Å². The van der Waals surface area contributed by atoms with Gasteiger partial charge < -0.3 is 4.74 Å². The summed E-state index contributed by atoms with van der Waals surface area (Å²) in [5.74, 6) is 0.282. The molecule has 0 amide bonds. The van der Waals surface area contributed by atoms with Crippen LogP contribution in [-0.2, 0) is 14.8 Å². The Morgan fingerprint density at radius 1 is 1.59 bits per heavy atom. The molecule has 7 heteroatoms. The third-order valence-corrected chi connectivity index (χ3v) is 4.16. The summed E-state index contributed by atoms with van der Waals surface area (Å²) in [6, 6.07) is 1.87. The van der Waals surface area contributed by atoms with Crippen molar-refractivity contribution in [2.24, 2.45) is 0 Å². The number of nitrogens with zero attached hydrogens (tertiary/aromatic N) is 1. The van der Waals surface area contributed by atoms with Crippen molar-refractivity contribution in [1.82, 2.24) is 4.98 Å². The molecule has 0 aliphatic carbocycles. The average molecular weight is 370 g/mol. The fourth-order valence-electron chi connectivity index (χ4n) is 1.21. The van der Waals surface area contributed by atoms with Crippen LogP contribution in [0.15, 0.2) is 12.3 Å². The minimum atomic E-state index is -3.42. The van der Waals surface area contributed by atoms with E-state index in [9.17, 15) is 8.42 Å². The predicted octanol–water partition coefficient (Wildman–Crippen LogP) is 1.77. The van der Waals surface area contributed by atoms with Crippen molar-refractivity contribution in [3.63, 3.8) is 0 Å². The Morgan fingerprint density at radius 2 is 2.24 bits per heavy atom. The van der Waals surface area contributed by atoms with Gasteiger partial charge in [0.2, 0.25) is 10.0 Å². The molecular weight excluding hydrogens is 355 g/mol. The van der Waals surface area contributed by atoms with Crippen LogP contribution in [-0.4, -0.2) is 32.4 Å². The lowest BCUT2D eigenvalue weighted by Gasteiger charge is -2.12. The number of hydrogen-bond acceptors (Lipinski definition) is 4. The molecule has 5 nitrogen and oxygen atoms in total. The Balaban J connectivity index is 2.83. The van der Waals surface area contributed by atoms with Gasteiger partial charge in [0.1, 0.15) is 5.82 Å². The number of halogens is 1. The monoisotopic (exact) mass is 370 g/mol. The highest BCUT2D eigenvalue weighted by atomic mass is 127. The number of aromatic nitrogens is 1. The molecule has 0 bridgehead atoms. The molecule has 0 fully saturated rings. The molecule has 1 aromatic heterocycles. The maximum Gasteiger partial charge on any atom is 0.236 e. The van der Waals surface area contributed by atoms with Crippen LogP contribution in [0, 0.1) is 10.5 Å². The highest BCUT2D eigenvalue weighted by molar-refractivity contribution is 14.1. The molecule has 0 radical (unpaired) electrons. The van der Waals surface area contributed by atoms with E-state index in [2.05, 4.69) is 32.3 Å². The summed E-state index contributed by atoms with van der Waals surface area (Å²) in [5.41, 5.74) is 0.797. The van der Waals surface area contributed by atoms with Crippen molar-refractivity contribution in [2.75, 3.05) is 17.6 Å². The van der Waals surface area contributed by atoms with Gasteiger partial charge in [-0.3, -0.25) is 4.72 Å². The Kier molecular flexibility index (Phi) is 5.14. The second-order valence-corrected chi connectivity index (χ2v) is 6.76. The maximum atomic E-state index is 11.8. The van der Waals surface area contributed by atoms with Gasteiger partial charge in [-0.15, -0.1) is 0 Å². The van der Waals surface area contributed by atoms with Crippen molar-refractivity contribution in [2.45, 2.75) is 20.0 Å². The number of rotatable bonds is 5. The SMILES string of the molecule is COC(C)CS(=O)(=O)Nc1ncc(I)cc1C. The van der Waals surface area contributed by atoms with Crippen molar-refractivity contribution in [3.8, 4) is 0 Å². The number of sulfonamides is 1. The molecule has 0 aliphatic rings. The summed E-state index contributed by atoms with van der Waals surface area (Å²) < 4.78 is 31.9. The lowest BCUT2D eigenvalue weighted by Crippen LogP contribution is -2.26. The molecule has 1 atom stereocenters. The van der Waals surface area contributed by atoms with Crippen molar-refractivity contribution in [1.29, 1.82) is 0 Å². The van der Waals surface area contributed by atoms with Crippen LogP contribution in [0.4, 0.5) is 5.82 Å². The maximum absolute atomic E-state index is 11.8. The summed E-state index contributed by atoms with van der Waals surface area (Å²) in [4.78, 5) is 4.06. The highest BCUT2D eigenvalue weighted by Crippen LogP contribution is 2.15. The Labute approximate surface area is 115 Å². The average Bonchev–Trinajstić information content (AvgIpc) is 2.21. The van der Waals surface area contributed by atoms with E-state index in [1.54, 1.807) is 13.1 Å². The van der Waals surface area contributed by atoms with Crippen LogP contribution in [0.25, 0.3) is 0 Å². The van der Waals surface area contributed by atoms with E-state index >= 15 is 0 Å². The number of nitrogens with one attached hydrogen (secondary N) is 1. The molecule has 0 saturated heterocycles. The van der Waals surface area contributed by atoms with Crippen molar-refractivity contribution < 1.29 is 13.2 Å². The second kappa shape index (κ2) is 5.96. The molecule has 0 spiro atoms. The Bertz CT molecular complexity index is 490. The third kappa shape index (κ3) is 4.76. The van der Waals surface area contributed by atoms with Gasteiger partial charge in [0.25, 0.3) is 0 Å². The fourth-order valence-corrected chi connectivity index (χ4v) is 3.17. The molecule has 0 saturated carbocycles. The van der Waals surface area contributed by atoms with E-state index in [-0.39, 0.29) is 11.9 Å². The van der Waals surface area contributed by atoms with Crippen LogP contribution in [0.2, 0.25) is 0 Å². The summed E-state index contributed by atoms with van der Waals surface area (Å²) >= 11 is 2.13. The number of anilines is 1. The lowest BCUT2D eigenvalue weighted by molar-refractivity contribution is 0.136. The Hall–Kier alpha value is -0.410. The van der Waals surface area contributed by atoms with Gasteiger partial charge in [-0.05, 0) is 48.1 Å². The summed E-state index contributed by atoms with van der Waals surface area (Å²) in [6.07, 6.45) is 1.27. The normalized spacial score (nSPS) is 13.4. The largest absolute Gasteiger partial charge is 0.381 e. The first-order chi connectivity index (χ1) is 7.84. The van der Waals surface area contributed by atoms with E-state index < -0.39 is 10.0 Å². The lowest BCUT2D eigenvalue weighted by atomic mass is 10.3. The zero-order valence-electron chi connectivity index (χ0n) is 9.90. The van der Waals surface area contributed by atoms with Crippen LogP contribution < -0.4 is 4.72 Å². The van der Waals surface area contributed by atoms with E-state index in [4.69, 9.17) is 4.74 Å². The topological polar surface area (TPSA) is 68.3 Å². The summed E-state index contributed by atoms with van der Waals surface area (Å²) in [6.45, 7) is 3.51. The quantitative estimate of drug-likeness (QED) is 0.803. The molecule has 1 rings (SSSR count). The number of methoxy groups -OCH3 is 1. The number of ether oxygens (including phenoxy) is 1. The van der Waals surface area contributed by atoms with Crippen LogP contribution in [0.3, 0.4) is 0 Å². The smallest absolute Gasteiger partial charge is 0.236 e. The predicted molar refractivity (Wildman–Crippen MR) is 75.6 cm³/mol. The van der Waals surface area contributed by atoms with Crippen LogP contribution in [0.5, 0.6) is 0 Å². The van der Waals surface area contributed by atoms with Gasteiger partial charge in [-0.2, -0.15) is 0 Å². The zero-order valence-corrected chi connectivity index (χ0v) is 12.9. The van der Waals surface area contributed by atoms with Gasteiger partial charge in [0.05, 0.1) is 11.9 Å². The minimum absolute atomic E-state index is 0.0867. The van der Waals surface area contributed by atoms with E-state index in [1.165, 1.54) is 7.11 Å². The number of pyridine rings is 1. The molecule has 17 heavy (non-hydrogen) atoms. The van der Waals surface area contributed by atoms with Gasteiger partial charge >= 0.3 is 0 Å². The number of aryl methyl sites for hydroxylation is 1. The highest BCUT2D eigenvalue weighted by Gasteiger charge is 2.16. The van der Waals surface area contributed by atoms with Crippen LogP contribution >= 0.6 is 22.6 Å². The molecule has 1 aromatic rings. The first kappa shape index (κ1) is 14.7. The van der Waals surface area contributed by atoms with Crippen molar-refractivity contribution in [3.05, 3.63) is 21.4 Å². The Morgan fingerprint density at radius 3 is 2.76 bits per heavy atom.